The van der Waals surface area contributed by atoms with E-state index in [1.165, 1.54) is 22.1 Å². The molecule has 2 aromatic heterocycles. The molecule has 0 aliphatic heterocycles. The van der Waals surface area contributed by atoms with E-state index in [0.29, 0.717) is 0 Å². The van der Waals surface area contributed by atoms with Crippen molar-refractivity contribution in [1.29, 1.82) is 0 Å². The molecule has 0 N–H and O–H groups in total. The highest BCUT2D eigenvalue weighted by atomic mass is 16.3. The number of rotatable bonds is 9. The van der Waals surface area contributed by atoms with Crippen LogP contribution >= 0.6 is 0 Å². The smallest absolute Gasteiger partial charge is 0.160 e. The van der Waals surface area contributed by atoms with Crippen LogP contribution in [0.2, 0.25) is 0 Å². The fourth-order valence-corrected chi connectivity index (χ4v) is 11.0. The molecule has 0 radical (unpaired) electrons. The van der Waals surface area contributed by atoms with E-state index >= 15 is 0 Å². The molecular formula is C68H44N2O2. The fourth-order valence-electron chi connectivity index (χ4n) is 11.0. The van der Waals surface area contributed by atoms with Gasteiger partial charge in [-0.2, -0.15) is 0 Å². The first-order valence-corrected chi connectivity index (χ1v) is 24.5. The number of fused-ring (bicyclic) bond motifs is 9. The molecule has 0 unspecified atom stereocenters. The van der Waals surface area contributed by atoms with E-state index in [-0.39, 0.29) is 0 Å². The molecule has 0 fully saturated rings. The molecular weight excluding hydrogens is 877 g/mol. The van der Waals surface area contributed by atoms with Gasteiger partial charge < -0.3 is 18.6 Å². The van der Waals surface area contributed by atoms with Gasteiger partial charge in [-0.05, 0) is 105 Å². The van der Waals surface area contributed by atoms with Gasteiger partial charge in [0.1, 0.15) is 11.2 Å². The van der Waals surface area contributed by atoms with Crippen molar-refractivity contribution in [2.45, 2.75) is 0 Å². The van der Waals surface area contributed by atoms with Crippen molar-refractivity contribution in [3.63, 3.8) is 0 Å². The summed E-state index contributed by atoms with van der Waals surface area (Å²) < 4.78 is 13.8. The van der Waals surface area contributed by atoms with E-state index in [2.05, 4.69) is 265 Å². The standard InChI is InChI=1S/C68H44N2O2/c1-3-19-45(20-4-1)46-37-39-50(40-38-46)69(63-44-49-23-7-8-27-54(49)66-59-31-13-16-36-65(59)72-68(63)66)60-33-14-11-26-53(60)48-24-17-25-51(43-48)70(62-34-18-32-58-57-30-12-15-35-64(57)71-67(58)62)61-42-41-52(47-21-5-2-6-22-47)55-28-9-10-29-56(55)61/h1-44H. The molecule has 12 aromatic carbocycles. The van der Waals surface area contributed by atoms with Crippen LogP contribution in [0.5, 0.6) is 0 Å². The molecule has 0 spiro atoms. The third kappa shape index (κ3) is 6.84. The van der Waals surface area contributed by atoms with Gasteiger partial charge in [-0.25, -0.2) is 0 Å². The van der Waals surface area contributed by atoms with Crippen molar-refractivity contribution < 1.29 is 8.83 Å². The quantitative estimate of drug-likeness (QED) is 0.144. The van der Waals surface area contributed by atoms with Crippen molar-refractivity contribution in [3.05, 3.63) is 267 Å². The number of furan rings is 2. The van der Waals surface area contributed by atoms with Gasteiger partial charge in [0.2, 0.25) is 0 Å². The monoisotopic (exact) mass is 920 g/mol. The highest BCUT2D eigenvalue weighted by molar-refractivity contribution is 6.23. The van der Waals surface area contributed by atoms with Gasteiger partial charge in [-0.15, -0.1) is 0 Å². The summed E-state index contributed by atoms with van der Waals surface area (Å²) in [4.78, 5) is 4.77. The number of anilines is 6. The third-order valence-electron chi connectivity index (χ3n) is 14.2. The largest absolute Gasteiger partial charge is 0.454 e. The fraction of sp³-hybridized carbons (Fsp3) is 0. The second kappa shape index (κ2) is 17.1. The van der Waals surface area contributed by atoms with E-state index in [1.54, 1.807) is 0 Å². The molecule has 2 heterocycles. The van der Waals surface area contributed by atoms with Crippen LogP contribution in [-0.2, 0) is 0 Å². The minimum absolute atomic E-state index is 0.831. The van der Waals surface area contributed by atoms with E-state index in [9.17, 15) is 0 Å². The molecule has 0 saturated heterocycles. The van der Waals surface area contributed by atoms with Crippen LogP contribution in [0, 0.1) is 0 Å². The minimum Gasteiger partial charge on any atom is -0.454 e. The van der Waals surface area contributed by atoms with Crippen LogP contribution in [0.3, 0.4) is 0 Å². The summed E-state index contributed by atoms with van der Waals surface area (Å²) >= 11 is 0. The third-order valence-corrected chi connectivity index (χ3v) is 14.2. The average Bonchev–Trinajstić information content (AvgIpc) is 4.04. The lowest BCUT2D eigenvalue weighted by Gasteiger charge is -2.30. The Morgan fingerprint density at radius 1 is 0.250 bits per heavy atom. The van der Waals surface area contributed by atoms with Gasteiger partial charge in [-0.1, -0.05) is 206 Å². The van der Waals surface area contributed by atoms with Gasteiger partial charge in [0.25, 0.3) is 0 Å². The van der Waals surface area contributed by atoms with Crippen molar-refractivity contribution in [2.75, 3.05) is 9.80 Å². The number of benzene rings is 12. The van der Waals surface area contributed by atoms with Crippen LogP contribution in [0.4, 0.5) is 34.1 Å². The Labute approximate surface area is 416 Å². The minimum atomic E-state index is 0.831. The zero-order valence-electron chi connectivity index (χ0n) is 39.1. The Morgan fingerprint density at radius 2 is 0.806 bits per heavy atom. The molecule has 4 heteroatoms. The lowest BCUT2D eigenvalue weighted by Crippen LogP contribution is -2.12. The highest BCUT2D eigenvalue weighted by Crippen LogP contribution is 2.50. The predicted octanol–water partition coefficient (Wildman–Crippen LogP) is 19.7. The summed E-state index contributed by atoms with van der Waals surface area (Å²) in [6, 6.07) is 95.3. The molecule has 0 aliphatic carbocycles. The van der Waals surface area contributed by atoms with E-state index in [1.807, 2.05) is 12.1 Å². The molecule has 338 valence electrons. The summed E-state index contributed by atoms with van der Waals surface area (Å²) in [6.45, 7) is 0. The Kier molecular flexibility index (Phi) is 9.82. The van der Waals surface area contributed by atoms with Crippen molar-refractivity contribution in [2.24, 2.45) is 0 Å². The van der Waals surface area contributed by atoms with Gasteiger partial charge in [0.15, 0.2) is 11.2 Å². The first kappa shape index (κ1) is 41.3. The number of nitrogens with zero attached hydrogens (tertiary/aromatic N) is 2. The first-order valence-electron chi connectivity index (χ1n) is 24.5. The van der Waals surface area contributed by atoms with Crippen molar-refractivity contribution >= 4 is 99.5 Å². The summed E-state index contributed by atoms with van der Waals surface area (Å²) in [6.07, 6.45) is 0. The second-order valence-electron chi connectivity index (χ2n) is 18.4. The SMILES string of the molecule is c1ccc(-c2ccc(N(c3ccccc3-c3cccc(N(c4ccc(-c5ccccc5)c5ccccc45)c4cccc5c4oc4ccccc45)c3)c3cc4ccccc4c4c3oc3ccccc34)cc2)cc1. The van der Waals surface area contributed by atoms with Crippen LogP contribution in [0.15, 0.2) is 276 Å². The molecule has 72 heavy (non-hydrogen) atoms. The van der Waals surface area contributed by atoms with Crippen LogP contribution in [-0.4, -0.2) is 0 Å². The molecule has 0 saturated carbocycles. The number of para-hydroxylation sites is 4. The highest BCUT2D eigenvalue weighted by Gasteiger charge is 2.26. The summed E-state index contributed by atoms with van der Waals surface area (Å²) in [5, 5.41) is 8.95. The van der Waals surface area contributed by atoms with Crippen LogP contribution in [0.25, 0.3) is 98.8 Å². The summed E-state index contributed by atoms with van der Waals surface area (Å²) in [5.41, 5.74) is 16.2. The van der Waals surface area contributed by atoms with Crippen molar-refractivity contribution in [1.82, 2.24) is 0 Å². The summed E-state index contributed by atoms with van der Waals surface area (Å²) in [5.74, 6) is 0. The first-order chi connectivity index (χ1) is 35.7. The van der Waals surface area contributed by atoms with Gasteiger partial charge >= 0.3 is 0 Å². The van der Waals surface area contributed by atoms with Gasteiger partial charge in [0.05, 0.1) is 22.7 Å². The Hall–Kier alpha value is -9.64. The van der Waals surface area contributed by atoms with E-state index in [0.717, 1.165) is 111 Å². The summed E-state index contributed by atoms with van der Waals surface area (Å²) in [7, 11) is 0. The number of hydrogen-bond acceptors (Lipinski definition) is 4. The molecule has 0 atom stereocenters. The van der Waals surface area contributed by atoms with Gasteiger partial charge in [-0.3, -0.25) is 0 Å². The zero-order valence-corrected chi connectivity index (χ0v) is 39.1. The van der Waals surface area contributed by atoms with E-state index < -0.39 is 0 Å². The zero-order chi connectivity index (χ0) is 47.5. The number of hydrogen-bond donors (Lipinski definition) is 0. The maximum Gasteiger partial charge on any atom is 0.160 e. The topological polar surface area (TPSA) is 32.8 Å². The second-order valence-corrected chi connectivity index (χ2v) is 18.4. The Morgan fingerprint density at radius 3 is 1.61 bits per heavy atom. The Balaban J connectivity index is 1.00. The molecule has 0 amide bonds. The maximum absolute atomic E-state index is 6.97. The lowest BCUT2D eigenvalue weighted by molar-refractivity contribution is 0.669. The molecule has 0 aliphatic rings. The van der Waals surface area contributed by atoms with Crippen molar-refractivity contribution in [3.8, 4) is 33.4 Å². The molecule has 4 nitrogen and oxygen atoms in total. The van der Waals surface area contributed by atoms with Crippen LogP contribution < -0.4 is 9.80 Å². The average molecular weight is 921 g/mol. The molecule has 14 aromatic rings. The Bertz CT molecular complexity index is 4340. The normalized spacial score (nSPS) is 11.6. The van der Waals surface area contributed by atoms with Crippen LogP contribution in [0.1, 0.15) is 0 Å². The van der Waals surface area contributed by atoms with E-state index in [4.69, 9.17) is 8.83 Å². The predicted molar refractivity (Wildman–Crippen MR) is 302 cm³/mol. The molecule has 0 bridgehead atoms. The maximum atomic E-state index is 6.97. The molecule has 14 rings (SSSR count). The lowest BCUT2D eigenvalue weighted by atomic mass is 9.96. The van der Waals surface area contributed by atoms with Gasteiger partial charge in [0, 0.05) is 43.9 Å².